The average molecular weight is 319 g/mol. The number of imidazole rings is 1. The van der Waals surface area contributed by atoms with E-state index in [0.717, 1.165) is 25.7 Å². The third-order valence-electron chi connectivity index (χ3n) is 2.56. The fourth-order valence-electron chi connectivity index (χ4n) is 1.72. The lowest BCUT2D eigenvalue weighted by Crippen LogP contribution is -1.90. The van der Waals surface area contributed by atoms with Crippen LogP contribution in [-0.2, 0) is 0 Å². The maximum Gasteiger partial charge on any atom is 0.213 e. The number of hydrogen-bond acceptors (Lipinski definition) is 4. The fraction of sp³-hybridized carbons (Fsp3) is 0.0833. The zero-order valence-electron chi connectivity index (χ0n) is 9.38. The van der Waals surface area contributed by atoms with Gasteiger partial charge in [0.2, 0.25) is 4.96 Å². The van der Waals surface area contributed by atoms with Gasteiger partial charge in [0.1, 0.15) is 11.1 Å². The highest BCUT2D eigenvalue weighted by Crippen LogP contribution is 2.28. The second kappa shape index (κ2) is 4.19. The molecule has 0 unspecified atom stereocenters. The van der Waals surface area contributed by atoms with Crippen LogP contribution in [0, 0.1) is 18.3 Å². The molecule has 0 aliphatic rings. The summed E-state index contributed by atoms with van der Waals surface area (Å²) < 4.78 is 2.61. The van der Waals surface area contributed by atoms with Crippen molar-refractivity contribution in [1.82, 2.24) is 14.6 Å². The Balaban J connectivity index is 2.21. The number of nitriles is 1. The smallest absolute Gasteiger partial charge is 0.213 e. The molecule has 0 saturated carbocycles. The summed E-state index contributed by atoms with van der Waals surface area (Å²) in [6, 6.07) is 10.0. The molecule has 0 fully saturated rings. The molecule has 3 rings (SSSR count). The van der Waals surface area contributed by atoms with Gasteiger partial charge in [-0.2, -0.15) is 14.9 Å². The molecule has 2 aromatic heterocycles. The molecular weight excluding hydrogens is 312 g/mol. The van der Waals surface area contributed by atoms with Crippen molar-refractivity contribution in [1.29, 1.82) is 5.26 Å². The van der Waals surface area contributed by atoms with Crippen molar-refractivity contribution in [3.8, 4) is 16.6 Å². The monoisotopic (exact) mass is 318 g/mol. The number of aryl methyl sites for hydroxylation is 1. The summed E-state index contributed by atoms with van der Waals surface area (Å²) >= 11 is 4.91. The van der Waals surface area contributed by atoms with Gasteiger partial charge in [0.15, 0.2) is 5.69 Å². The molecule has 3 aromatic rings. The van der Waals surface area contributed by atoms with E-state index in [1.54, 1.807) is 4.52 Å². The van der Waals surface area contributed by atoms with Crippen LogP contribution in [0.1, 0.15) is 11.4 Å². The number of benzene rings is 1. The van der Waals surface area contributed by atoms with Crippen molar-refractivity contribution in [3.63, 3.8) is 0 Å². The Hall–Kier alpha value is -1.71. The van der Waals surface area contributed by atoms with Crippen LogP contribution in [0.4, 0.5) is 0 Å². The quantitative estimate of drug-likeness (QED) is 0.691. The van der Waals surface area contributed by atoms with Crippen LogP contribution in [0.15, 0.2) is 28.7 Å². The molecule has 0 amide bonds. The first-order chi connectivity index (χ1) is 8.69. The van der Waals surface area contributed by atoms with Gasteiger partial charge >= 0.3 is 0 Å². The third kappa shape index (κ3) is 1.72. The first-order valence-electron chi connectivity index (χ1n) is 5.21. The second-order valence-corrected chi connectivity index (χ2v) is 5.64. The molecule has 0 bridgehead atoms. The molecule has 2 heterocycles. The van der Waals surface area contributed by atoms with Gasteiger partial charge in [0.05, 0.1) is 5.69 Å². The number of hydrogen-bond donors (Lipinski definition) is 0. The van der Waals surface area contributed by atoms with Crippen LogP contribution in [-0.4, -0.2) is 14.6 Å². The minimum absolute atomic E-state index is 0.502. The molecular formula is C12H7BrN4S. The van der Waals surface area contributed by atoms with Gasteiger partial charge in [-0.1, -0.05) is 39.4 Å². The molecule has 0 saturated heterocycles. The molecule has 0 radical (unpaired) electrons. The zero-order chi connectivity index (χ0) is 12.7. The SMILES string of the molecule is Cc1nc2sc(-c3cccc(Br)c3)nn2c1C#N. The van der Waals surface area contributed by atoms with Crippen LogP contribution in [0.3, 0.4) is 0 Å². The summed E-state index contributed by atoms with van der Waals surface area (Å²) in [5, 5.41) is 14.4. The van der Waals surface area contributed by atoms with Crippen molar-refractivity contribution in [2.45, 2.75) is 6.92 Å². The van der Waals surface area contributed by atoms with Gasteiger partial charge in [-0.15, -0.1) is 0 Å². The molecule has 0 aliphatic heterocycles. The van der Waals surface area contributed by atoms with E-state index in [0.29, 0.717) is 5.69 Å². The van der Waals surface area contributed by atoms with Crippen LogP contribution >= 0.6 is 27.3 Å². The molecule has 1 aromatic carbocycles. The number of nitrogens with zero attached hydrogens (tertiary/aromatic N) is 4. The summed E-state index contributed by atoms with van der Waals surface area (Å²) in [6.07, 6.45) is 0. The van der Waals surface area contributed by atoms with Gasteiger partial charge in [0.25, 0.3) is 0 Å². The number of fused-ring (bicyclic) bond motifs is 1. The van der Waals surface area contributed by atoms with Gasteiger partial charge in [-0.05, 0) is 19.1 Å². The number of rotatable bonds is 1. The van der Waals surface area contributed by atoms with E-state index >= 15 is 0 Å². The topological polar surface area (TPSA) is 54.0 Å². The summed E-state index contributed by atoms with van der Waals surface area (Å²) in [5.74, 6) is 0. The standard InChI is InChI=1S/C12H7BrN4S/c1-7-10(6-14)17-12(15-7)18-11(16-17)8-3-2-4-9(13)5-8/h2-5H,1H3. The molecule has 6 heteroatoms. The van der Waals surface area contributed by atoms with Crippen LogP contribution in [0.25, 0.3) is 15.5 Å². The van der Waals surface area contributed by atoms with E-state index in [1.807, 2.05) is 31.2 Å². The van der Waals surface area contributed by atoms with Crippen LogP contribution in [0.2, 0.25) is 0 Å². The zero-order valence-corrected chi connectivity index (χ0v) is 11.8. The summed E-state index contributed by atoms with van der Waals surface area (Å²) in [7, 11) is 0. The van der Waals surface area contributed by atoms with Crippen LogP contribution in [0.5, 0.6) is 0 Å². The maximum atomic E-state index is 9.08. The van der Waals surface area contributed by atoms with Crippen molar-refractivity contribution in [3.05, 3.63) is 40.1 Å². The minimum Gasteiger partial charge on any atom is -0.221 e. The Labute approximate surface area is 116 Å². The number of halogens is 1. The summed E-state index contributed by atoms with van der Waals surface area (Å²) in [4.78, 5) is 5.09. The summed E-state index contributed by atoms with van der Waals surface area (Å²) in [5.41, 5.74) is 2.24. The van der Waals surface area contributed by atoms with Gasteiger partial charge in [-0.25, -0.2) is 4.98 Å². The minimum atomic E-state index is 0.502. The van der Waals surface area contributed by atoms with E-state index in [-0.39, 0.29) is 0 Å². The van der Waals surface area contributed by atoms with Gasteiger partial charge in [0, 0.05) is 10.0 Å². The first kappa shape index (κ1) is 11.4. The molecule has 88 valence electrons. The van der Waals surface area contributed by atoms with Gasteiger partial charge < -0.3 is 0 Å². The van der Waals surface area contributed by atoms with Crippen molar-refractivity contribution >= 4 is 32.2 Å². The molecule has 0 N–H and O–H groups in total. The Morgan fingerprint density at radius 1 is 1.44 bits per heavy atom. The normalized spacial score (nSPS) is 10.7. The van der Waals surface area contributed by atoms with E-state index < -0.39 is 0 Å². The Bertz CT molecular complexity index is 781. The molecule has 0 aliphatic carbocycles. The highest BCUT2D eigenvalue weighted by molar-refractivity contribution is 9.10. The average Bonchev–Trinajstić information content (AvgIpc) is 2.85. The molecule has 0 spiro atoms. The molecule has 0 atom stereocenters. The third-order valence-corrected chi connectivity index (χ3v) is 4.01. The van der Waals surface area contributed by atoms with Gasteiger partial charge in [-0.3, -0.25) is 0 Å². The number of aromatic nitrogens is 3. The van der Waals surface area contributed by atoms with E-state index in [9.17, 15) is 0 Å². The van der Waals surface area contributed by atoms with E-state index in [2.05, 4.69) is 32.1 Å². The predicted octanol–water partition coefficient (Wildman–Crippen LogP) is 3.40. The second-order valence-electron chi connectivity index (χ2n) is 3.77. The Morgan fingerprint density at radius 2 is 2.28 bits per heavy atom. The molecule has 4 nitrogen and oxygen atoms in total. The highest BCUT2D eigenvalue weighted by atomic mass is 79.9. The Morgan fingerprint density at radius 3 is 3.00 bits per heavy atom. The Kier molecular flexibility index (Phi) is 2.65. The largest absolute Gasteiger partial charge is 0.221 e. The first-order valence-corrected chi connectivity index (χ1v) is 6.82. The lowest BCUT2D eigenvalue weighted by Gasteiger charge is -1.95. The van der Waals surface area contributed by atoms with Crippen molar-refractivity contribution < 1.29 is 0 Å². The van der Waals surface area contributed by atoms with Crippen molar-refractivity contribution in [2.75, 3.05) is 0 Å². The maximum absolute atomic E-state index is 9.08. The lowest BCUT2D eigenvalue weighted by molar-refractivity contribution is 0.955. The van der Waals surface area contributed by atoms with E-state index in [4.69, 9.17) is 5.26 Å². The fourth-order valence-corrected chi connectivity index (χ4v) is 3.06. The van der Waals surface area contributed by atoms with Crippen LogP contribution < -0.4 is 0 Å². The molecule has 18 heavy (non-hydrogen) atoms. The highest BCUT2D eigenvalue weighted by Gasteiger charge is 2.14. The predicted molar refractivity (Wildman–Crippen MR) is 73.5 cm³/mol. The van der Waals surface area contributed by atoms with Crippen molar-refractivity contribution in [2.24, 2.45) is 0 Å². The lowest BCUT2D eigenvalue weighted by atomic mass is 10.2. The van der Waals surface area contributed by atoms with E-state index in [1.165, 1.54) is 11.3 Å². The summed E-state index contributed by atoms with van der Waals surface area (Å²) in [6.45, 7) is 1.82.